The van der Waals surface area contributed by atoms with Gasteiger partial charge >= 0.3 is 0 Å². The Kier molecular flexibility index (Phi) is 4.71. The van der Waals surface area contributed by atoms with Gasteiger partial charge in [0.1, 0.15) is 11.6 Å². The van der Waals surface area contributed by atoms with Gasteiger partial charge in [0.15, 0.2) is 0 Å². The number of aryl methyl sites for hydroxylation is 1. The molecule has 3 aromatic rings. The molecule has 3 heterocycles. The van der Waals surface area contributed by atoms with Gasteiger partial charge in [-0.2, -0.15) is 0 Å². The van der Waals surface area contributed by atoms with Crippen molar-refractivity contribution < 1.29 is 0 Å². The lowest BCUT2D eigenvalue weighted by atomic mass is 10.1. The molecule has 0 spiro atoms. The zero-order chi connectivity index (χ0) is 17.9. The molecule has 1 fully saturated rings. The van der Waals surface area contributed by atoms with Gasteiger partial charge in [-0.05, 0) is 50.1 Å². The minimum Gasteiger partial charge on any atom is -0.355 e. The van der Waals surface area contributed by atoms with Crippen molar-refractivity contribution in [2.45, 2.75) is 32.4 Å². The van der Waals surface area contributed by atoms with Crippen molar-refractivity contribution >= 4 is 5.82 Å². The number of nitrogens with zero attached hydrogens (tertiary/aromatic N) is 4. The van der Waals surface area contributed by atoms with E-state index in [4.69, 9.17) is 0 Å². The van der Waals surface area contributed by atoms with E-state index in [1.54, 1.807) is 0 Å². The Morgan fingerprint density at radius 1 is 1.08 bits per heavy atom. The maximum atomic E-state index is 4.46. The van der Waals surface area contributed by atoms with Crippen LogP contribution >= 0.6 is 0 Å². The van der Waals surface area contributed by atoms with Gasteiger partial charge in [0.25, 0.3) is 0 Å². The normalized spacial score (nSPS) is 18.2. The van der Waals surface area contributed by atoms with Crippen LogP contribution in [0, 0.1) is 6.92 Å². The minimum atomic E-state index is 0.321. The summed E-state index contributed by atoms with van der Waals surface area (Å²) in [5.74, 6) is 2.08. The molecule has 5 heteroatoms. The van der Waals surface area contributed by atoms with Crippen molar-refractivity contribution in [2.75, 3.05) is 18.0 Å². The summed E-state index contributed by atoms with van der Waals surface area (Å²) in [6.07, 6.45) is 6.84. The van der Waals surface area contributed by atoms with E-state index in [1.807, 2.05) is 31.6 Å². The standard InChI is InChI=1S/C21H25N5/c1-16(18-6-8-20(9-7-18)26-14-12-22-17(26)2)24-19-10-13-25(15-19)21-5-3-4-11-23-21/h3-9,11-12,14,16,19,24H,10,13,15H2,1-2H3/t16-,19-/m1/s1. The Balaban J connectivity index is 1.38. The topological polar surface area (TPSA) is 46.0 Å². The molecule has 0 radical (unpaired) electrons. The fraction of sp³-hybridized carbons (Fsp3) is 0.333. The van der Waals surface area contributed by atoms with Gasteiger partial charge in [-0.1, -0.05) is 18.2 Å². The van der Waals surface area contributed by atoms with Crippen LogP contribution in [-0.2, 0) is 0 Å². The fourth-order valence-corrected chi connectivity index (χ4v) is 3.67. The van der Waals surface area contributed by atoms with Gasteiger partial charge in [-0.3, -0.25) is 0 Å². The van der Waals surface area contributed by atoms with Gasteiger partial charge in [-0.25, -0.2) is 9.97 Å². The Bertz CT molecular complexity index is 840. The third-order valence-electron chi connectivity index (χ3n) is 5.14. The fourth-order valence-electron chi connectivity index (χ4n) is 3.67. The van der Waals surface area contributed by atoms with Crippen LogP contribution in [0.1, 0.15) is 30.8 Å². The lowest BCUT2D eigenvalue weighted by molar-refractivity contribution is 0.481. The summed E-state index contributed by atoms with van der Waals surface area (Å²) in [5, 5.41) is 3.77. The highest BCUT2D eigenvalue weighted by atomic mass is 15.2. The van der Waals surface area contributed by atoms with Crippen molar-refractivity contribution in [3.8, 4) is 5.69 Å². The molecule has 4 rings (SSSR count). The first-order valence-electron chi connectivity index (χ1n) is 9.23. The first kappa shape index (κ1) is 16.8. The molecule has 2 aromatic heterocycles. The zero-order valence-corrected chi connectivity index (χ0v) is 15.3. The van der Waals surface area contributed by atoms with Crippen molar-refractivity contribution in [1.29, 1.82) is 0 Å². The summed E-state index contributed by atoms with van der Waals surface area (Å²) in [6, 6.07) is 15.7. The molecule has 0 bridgehead atoms. The average molecular weight is 347 g/mol. The second kappa shape index (κ2) is 7.30. The molecule has 0 saturated carbocycles. The largest absolute Gasteiger partial charge is 0.355 e. The van der Waals surface area contributed by atoms with Gasteiger partial charge in [0.2, 0.25) is 0 Å². The summed E-state index contributed by atoms with van der Waals surface area (Å²) in [6.45, 7) is 6.32. The number of anilines is 1. The van der Waals surface area contributed by atoms with Crippen LogP contribution in [0.2, 0.25) is 0 Å². The molecular weight excluding hydrogens is 322 g/mol. The van der Waals surface area contributed by atoms with Crippen molar-refractivity contribution in [1.82, 2.24) is 19.9 Å². The van der Waals surface area contributed by atoms with E-state index in [1.165, 1.54) is 5.56 Å². The van der Waals surface area contributed by atoms with Gasteiger partial charge in [0.05, 0.1) is 0 Å². The number of nitrogens with one attached hydrogen (secondary N) is 1. The molecule has 0 aliphatic carbocycles. The van der Waals surface area contributed by atoms with E-state index in [0.717, 1.165) is 36.8 Å². The van der Waals surface area contributed by atoms with Gasteiger partial charge < -0.3 is 14.8 Å². The summed E-state index contributed by atoms with van der Waals surface area (Å²) in [7, 11) is 0. The van der Waals surface area contributed by atoms with E-state index in [0.29, 0.717) is 12.1 Å². The first-order chi connectivity index (χ1) is 12.7. The average Bonchev–Trinajstić information content (AvgIpc) is 3.32. The van der Waals surface area contributed by atoms with Crippen molar-refractivity contribution in [3.63, 3.8) is 0 Å². The van der Waals surface area contributed by atoms with E-state index >= 15 is 0 Å². The quantitative estimate of drug-likeness (QED) is 0.767. The molecule has 1 N–H and O–H groups in total. The number of benzene rings is 1. The third kappa shape index (κ3) is 3.48. The first-order valence-corrected chi connectivity index (χ1v) is 9.23. The second-order valence-electron chi connectivity index (χ2n) is 6.94. The van der Waals surface area contributed by atoms with Crippen molar-refractivity contribution in [2.24, 2.45) is 0 Å². The van der Waals surface area contributed by atoms with Gasteiger partial charge in [0, 0.05) is 49.5 Å². The SMILES string of the molecule is Cc1nccn1-c1ccc([C@@H](C)N[C@@H]2CCN(c3ccccn3)C2)cc1. The van der Waals surface area contributed by atoms with Crippen molar-refractivity contribution in [3.05, 3.63) is 72.4 Å². The van der Waals surface area contributed by atoms with Crippen LogP contribution < -0.4 is 10.2 Å². The molecule has 1 aliphatic rings. The highest BCUT2D eigenvalue weighted by Crippen LogP contribution is 2.21. The smallest absolute Gasteiger partial charge is 0.128 e. The van der Waals surface area contributed by atoms with Crippen LogP contribution in [0.5, 0.6) is 0 Å². The van der Waals surface area contributed by atoms with Crippen LogP contribution in [0.3, 0.4) is 0 Å². The molecule has 1 aromatic carbocycles. The van der Waals surface area contributed by atoms with Crippen LogP contribution in [-0.4, -0.2) is 33.7 Å². The van der Waals surface area contributed by atoms with Crippen LogP contribution in [0.15, 0.2) is 61.1 Å². The zero-order valence-electron chi connectivity index (χ0n) is 15.3. The Hall–Kier alpha value is -2.66. The molecule has 5 nitrogen and oxygen atoms in total. The molecule has 0 unspecified atom stereocenters. The Labute approximate surface area is 154 Å². The third-order valence-corrected chi connectivity index (χ3v) is 5.14. The monoisotopic (exact) mass is 347 g/mol. The maximum Gasteiger partial charge on any atom is 0.128 e. The van der Waals surface area contributed by atoms with Crippen LogP contribution in [0.4, 0.5) is 5.82 Å². The van der Waals surface area contributed by atoms with E-state index in [-0.39, 0.29) is 0 Å². The molecule has 26 heavy (non-hydrogen) atoms. The second-order valence-corrected chi connectivity index (χ2v) is 6.94. The van der Waals surface area contributed by atoms with E-state index < -0.39 is 0 Å². The lowest BCUT2D eigenvalue weighted by Gasteiger charge is -2.21. The Morgan fingerprint density at radius 3 is 2.62 bits per heavy atom. The molecule has 0 amide bonds. The maximum absolute atomic E-state index is 4.46. The highest BCUT2D eigenvalue weighted by molar-refractivity contribution is 5.40. The highest BCUT2D eigenvalue weighted by Gasteiger charge is 2.24. The Morgan fingerprint density at radius 2 is 1.92 bits per heavy atom. The lowest BCUT2D eigenvalue weighted by Crippen LogP contribution is -2.34. The molecule has 134 valence electrons. The molecule has 2 atom stereocenters. The molecular formula is C21H25N5. The predicted molar refractivity (Wildman–Crippen MR) is 105 cm³/mol. The molecule has 1 aliphatic heterocycles. The number of imidazole rings is 1. The molecule has 1 saturated heterocycles. The number of hydrogen-bond donors (Lipinski definition) is 1. The predicted octanol–water partition coefficient (Wildman–Crippen LogP) is 3.51. The number of aromatic nitrogens is 3. The minimum absolute atomic E-state index is 0.321. The van der Waals surface area contributed by atoms with Crippen LogP contribution in [0.25, 0.3) is 5.69 Å². The summed E-state index contributed by atoms with van der Waals surface area (Å²) >= 11 is 0. The summed E-state index contributed by atoms with van der Waals surface area (Å²) < 4.78 is 2.10. The van der Waals surface area contributed by atoms with Gasteiger partial charge in [-0.15, -0.1) is 0 Å². The van der Waals surface area contributed by atoms with E-state index in [9.17, 15) is 0 Å². The number of pyridine rings is 1. The summed E-state index contributed by atoms with van der Waals surface area (Å²) in [5.41, 5.74) is 2.46. The number of hydrogen-bond acceptors (Lipinski definition) is 4. The van der Waals surface area contributed by atoms with E-state index in [2.05, 4.69) is 68.1 Å². The summed E-state index contributed by atoms with van der Waals surface area (Å²) in [4.78, 5) is 11.1. The number of rotatable bonds is 5.